The maximum absolute atomic E-state index is 11.2. The van der Waals surface area contributed by atoms with Gasteiger partial charge in [0.2, 0.25) is 0 Å². The molecule has 0 radical (unpaired) electrons. The van der Waals surface area contributed by atoms with E-state index in [0.29, 0.717) is 5.90 Å². The Bertz CT molecular complexity index is 235. The Morgan fingerprint density at radius 1 is 1.75 bits per heavy atom. The third-order valence-electron chi connectivity index (χ3n) is 2.47. The first-order valence-electron chi connectivity index (χ1n) is 4.27. The lowest BCUT2D eigenvalue weighted by molar-refractivity contribution is -0.131. The van der Waals surface area contributed by atoms with E-state index in [-0.39, 0.29) is 11.8 Å². The highest BCUT2D eigenvalue weighted by Crippen LogP contribution is 2.27. The molecule has 0 aromatic carbocycles. The Morgan fingerprint density at radius 2 is 2.33 bits per heavy atom. The van der Waals surface area contributed by atoms with Crippen molar-refractivity contribution in [2.75, 3.05) is 0 Å². The molecule has 0 aromatic rings. The van der Waals surface area contributed by atoms with E-state index in [1.807, 2.05) is 13.8 Å². The van der Waals surface area contributed by atoms with E-state index in [1.165, 1.54) is 0 Å². The minimum absolute atomic E-state index is 0.0437. The molecule has 0 amide bonds. The highest BCUT2D eigenvalue weighted by molar-refractivity contribution is 5.91. The molecule has 1 rings (SSSR count). The summed E-state index contributed by atoms with van der Waals surface area (Å²) in [6.07, 6.45) is 0.757. The first kappa shape index (κ1) is 9.23. The van der Waals surface area contributed by atoms with Crippen molar-refractivity contribution in [2.45, 2.75) is 45.8 Å². The molecule has 0 fully saturated rings. The minimum atomic E-state index is -0.717. The standard InChI is InChI=1S/C9H15NO2/c1-5-8-10-6(2)9(4,12-8)7(3)11/h6H,5H2,1-4H3/t6-,9+/m0/s1. The van der Waals surface area contributed by atoms with Crippen LogP contribution in [0.4, 0.5) is 0 Å². The molecular formula is C9H15NO2. The van der Waals surface area contributed by atoms with Crippen molar-refractivity contribution in [3.8, 4) is 0 Å². The number of nitrogens with zero attached hydrogens (tertiary/aromatic N) is 1. The van der Waals surface area contributed by atoms with Crippen LogP contribution in [-0.2, 0) is 9.53 Å². The van der Waals surface area contributed by atoms with E-state index in [2.05, 4.69) is 4.99 Å². The molecule has 0 unspecified atom stereocenters. The summed E-state index contributed by atoms with van der Waals surface area (Å²) in [4.78, 5) is 15.5. The van der Waals surface area contributed by atoms with Gasteiger partial charge in [0.1, 0.15) is 0 Å². The fourth-order valence-electron chi connectivity index (χ4n) is 1.23. The summed E-state index contributed by atoms with van der Waals surface area (Å²) in [5, 5.41) is 0. The van der Waals surface area contributed by atoms with Gasteiger partial charge >= 0.3 is 0 Å². The van der Waals surface area contributed by atoms with Crippen LogP contribution in [0, 0.1) is 0 Å². The number of carbonyl (C=O) groups excluding carboxylic acids is 1. The molecule has 12 heavy (non-hydrogen) atoms. The molecule has 3 heteroatoms. The zero-order valence-electron chi connectivity index (χ0n) is 8.05. The first-order valence-corrected chi connectivity index (χ1v) is 4.27. The number of rotatable bonds is 2. The topological polar surface area (TPSA) is 38.7 Å². The van der Waals surface area contributed by atoms with Gasteiger partial charge in [0.05, 0.1) is 6.04 Å². The largest absolute Gasteiger partial charge is 0.465 e. The van der Waals surface area contributed by atoms with Crippen LogP contribution in [-0.4, -0.2) is 23.3 Å². The van der Waals surface area contributed by atoms with E-state index >= 15 is 0 Å². The normalized spacial score (nSPS) is 34.3. The lowest BCUT2D eigenvalue weighted by Crippen LogP contribution is -2.42. The molecule has 1 heterocycles. The number of hydrogen-bond acceptors (Lipinski definition) is 3. The highest BCUT2D eigenvalue weighted by Gasteiger charge is 2.43. The molecule has 0 N–H and O–H groups in total. The maximum Gasteiger partial charge on any atom is 0.187 e. The van der Waals surface area contributed by atoms with Gasteiger partial charge in [-0.25, -0.2) is 4.99 Å². The molecule has 0 bridgehead atoms. The van der Waals surface area contributed by atoms with Crippen molar-refractivity contribution in [3.05, 3.63) is 0 Å². The zero-order valence-corrected chi connectivity index (χ0v) is 8.05. The monoisotopic (exact) mass is 169 g/mol. The quantitative estimate of drug-likeness (QED) is 0.629. The van der Waals surface area contributed by atoms with Crippen LogP contribution in [0.25, 0.3) is 0 Å². The Labute approximate surface area is 72.8 Å². The Morgan fingerprint density at radius 3 is 2.58 bits per heavy atom. The van der Waals surface area contributed by atoms with Crippen LogP contribution in [0.3, 0.4) is 0 Å². The lowest BCUT2D eigenvalue weighted by atomic mass is 9.95. The number of Topliss-reactive ketones (excluding diaryl/α,β-unsaturated/α-hetero) is 1. The smallest absolute Gasteiger partial charge is 0.187 e. The fourth-order valence-corrected chi connectivity index (χ4v) is 1.23. The Hall–Kier alpha value is -0.860. The van der Waals surface area contributed by atoms with Gasteiger partial charge in [-0.15, -0.1) is 0 Å². The molecule has 0 aliphatic carbocycles. The average Bonchev–Trinajstić information content (AvgIpc) is 2.29. The second kappa shape index (κ2) is 2.88. The van der Waals surface area contributed by atoms with Gasteiger partial charge in [-0.1, -0.05) is 6.92 Å². The summed E-state index contributed by atoms with van der Waals surface area (Å²) in [6.45, 7) is 7.22. The molecule has 0 spiro atoms. The number of hydrogen-bond donors (Lipinski definition) is 0. The summed E-state index contributed by atoms with van der Waals surface area (Å²) in [6, 6.07) is -0.0510. The summed E-state index contributed by atoms with van der Waals surface area (Å²) in [5.74, 6) is 0.738. The van der Waals surface area contributed by atoms with Crippen molar-refractivity contribution in [1.82, 2.24) is 0 Å². The van der Waals surface area contributed by atoms with E-state index in [0.717, 1.165) is 6.42 Å². The predicted molar refractivity (Wildman–Crippen MR) is 47.4 cm³/mol. The van der Waals surface area contributed by atoms with E-state index in [9.17, 15) is 4.79 Å². The Kier molecular flexibility index (Phi) is 2.22. The first-order chi connectivity index (χ1) is 5.50. The van der Waals surface area contributed by atoms with Crippen LogP contribution in [0.2, 0.25) is 0 Å². The summed E-state index contributed by atoms with van der Waals surface area (Å²) in [7, 11) is 0. The maximum atomic E-state index is 11.2. The molecule has 3 nitrogen and oxygen atoms in total. The molecular weight excluding hydrogens is 154 g/mol. The van der Waals surface area contributed by atoms with Crippen molar-refractivity contribution >= 4 is 11.7 Å². The second-order valence-electron chi connectivity index (χ2n) is 3.32. The van der Waals surface area contributed by atoms with Gasteiger partial charge in [0, 0.05) is 6.42 Å². The van der Waals surface area contributed by atoms with E-state index in [4.69, 9.17) is 4.74 Å². The molecule has 2 atom stereocenters. The van der Waals surface area contributed by atoms with Gasteiger partial charge in [0.25, 0.3) is 0 Å². The number of ether oxygens (including phenoxy) is 1. The second-order valence-corrected chi connectivity index (χ2v) is 3.32. The van der Waals surface area contributed by atoms with Gasteiger partial charge in [0.15, 0.2) is 17.3 Å². The van der Waals surface area contributed by atoms with Gasteiger partial charge in [-0.05, 0) is 20.8 Å². The van der Waals surface area contributed by atoms with Gasteiger partial charge in [-0.2, -0.15) is 0 Å². The van der Waals surface area contributed by atoms with E-state index in [1.54, 1.807) is 13.8 Å². The number of ketones is 1. The highest BCUT2D eigenvalue weighted by atomic mass is 16.5. The summed E-state index contributed by atoms with van der Waals surface area (Å²) >= 11 is 0. The summed E-state index contributed by atoms with van der Waals surface area (Å²) in [5.41, 5.74) is -0.717. The van der Waals surface area contributed by atoms with Crippen molar-refractivity contribution in [1.29, 1.82) is 0 Å². The molecule has 68 valence electrons. The van der Waals surface area contributed by atoms with Crippen LogP contribution in [0.5, 0.6) is 0 Å². The van der Waals surface area contributed by atoms with Crippen molar-refractivity contribution < 1.29 is 9.53 Å². The molecule has 1 aliphatic heterocycles. The number of aliphatic imine (C=N–C) groups is 1. The van der Waals surface area contributed by atoms with Gasteiger partial charge in [-0.3, -0.25) is 4.79 Å². The average molecular weight is 169 g/mol. The van der Waals surface area contributed by atoms with Crippen LogP contribution < -0.4 is 0 Å². The SMILES string of the molecule is CCC1=N[C@@H](C)[C@](C)(C(C)=O)O1. The zero-order chi connectivity index (χ0) is 9.35. The van der Waals surface area contributed by atoms with Crippen LogP contribution in [0.15, 0.2) is 4.99 Å². The predicted octanol–water partition coefficient (Wildman–Crippen LogP) is 1.56. The molecule has 0 saturated heterocycles. The Balaban J connectivity index is 2.82. The fraction of sp³-hybridized carbons (Fsp3) is 0.778. The number of carbonyl (C=O) groups is 1. The van der Waals surface area contributed by atoms with Crippen molar-refractivity contribution in [3.63, 3.8) is 0 Å². The van der Waals surface area contributed by atoms with Gasteiger partial charge < -0.3 is 4.74 Å². The molecule has 0 aromatic heterocycles. The van der Waals surface area contributed by atoms with Crippen molar-refractivity contribution in [2.24, 2.45) is 4.99 Å². The summed E-state index contributed by atoms with van der Waals surface area (Å²) < 4.78 is 5.47. The third-order valence-corrected chi connectivity index (χ3v) is 2.47. The minimum Gasteiger partial charge on any atom is -0.465 e. The van der Waals surface area contributed by atoms with Crippen LogP contribution in [0.1, 0.15) is 34.1 Å². The molecule has 0 saturated carbocycles. The lowest BCUT2D eigenvalue weighted by Gasteiger charge is -2.24. The van der Waals surface area contributed by atoms with E-state index < -0.39 is 5.60 Å². The van der Waals surface area contributed by atoms with Crippen LogP contribution >= 0.6 is 0 Å². The third kappa shape index (κ3) is 1.24. The molecule has 1 aliphatic rings.